The van der Waals surface area contributed by atoms with Crippen LogP contribution in [-0.4, -0.2) is 43.1 Å². The molecule has 1 fully saturated rings. The quantitative estimate of drug-likeness (QED) is 0.907. The van der Waals surface area contributed by atoms with Crippen LogP contribution < -0.4 is 10.1 Å². The maximum absolute atomic E-state index is 12.3. The van der Waals surface area contributed by atoms with Gasteiger partial charge < -0.3 is 15.0 Å². The Labute approximate surface area is 133 Å². The van der Waals surface area contributed by atoms with Crippen LogP contribution in [0.1, 0.15) is 25.8 Å². The van der Waals surface area contributed by atoms with Crippen LogP contribution in [0.2, 0.25) is 0 Å². The zero-order chi connectivity index (χ0) is 14.4. The SMILES string of the molecule is CCCOc1cccc(CC(=O)N2CCN[C@H](C)C2)c1.Cl. The highest BCUT2D eigenvalue weighted by atomic mass is 35.5. The fraction of sp³-hybridized carbons (Fsp3) is 0.562. The van der Waals surface area contributed by atoms with Crippen molar-refractivity contribution in [3.8, 4) is 5.75 Å². The number of carbonyl (C=O) groups excluding carboxylic acids is 1. The normalized spacial score (nSPS) is 18.0. The van der Waals surface area contributed by atoms with Gasteiger partial charge in [0.1, 0.15) is 5.75 Å². The van der Waals surface area contributed by atoms with E-state index in [1.807, 2.05) is 29.2 Å². The second-order valence-electron chi connectivity index (χ2n) is 5.37. The molecule has 0 saturated carbocycles. The third-order valence-corrected chi connectivity index (χ3v) is 3.45. The number of piperazine rings is 1. The number of hydrogen-bond acceptors (Lipinski definition) is 3. The summed E-state index contributed by atoms with van der Waals surface area (Å²) >= 11 is 0. The standard InChI is InChI=1S/C16H24N2O2.ClH/c1-3-9-20-15-6-4-5-14(10-15)11-16(19)18-8-7-17-13(2)12-18;/h4-6,10,13,17H,3,7-9,11-12H2,1-2H3;1H/t13-;/m1./s1. The van der Waals surface area contributed by atoms with Crippen LogP contribution in [-0.2, 0) is 11.2 Å². The van der Waals surface area contributed by atoms with Gasteiger partial charge in [0.25, 0.3) is 0 Å². The first-order valence-electron chi connectivity index (χ1n) is 7.42. The predicted octanol–water partition coefficient (Wildman–Crippen LogP) is 2.26. The predicted molar refractivity (Wildman–Crippen MR) is 87.2 cm³/mol. The lowest BCUT2D eigenvalue weighted by Gasteiger charge is -2.32. The summed E-state index contributed by atoms with van der Waals surface area (Å²) < 4.78 is 5.61. The fourth-order valence-electron chi connectivity index (χ4n) is 2.41. The van der Waals surface area contributed by atoms with Crippen LogP contribution in [0.25, 0.3) is 0 Å². The summed E-state index contributed by atoms with van der Waals surface area (Å²) in [5.74, 6) is 1.05. The molecule has 1 amide bonds. The van der Waals surface area contributed by atoms with Crippen LogP contribution >= 0.6 is 12.4 Å². The van der Waals surface area contributed by atoms with Crippen molar-refractivity contribution in [1.29, 1.82) is 0 Å². The zero-order valence-corrected chi connectivity index (χ0v) is 13.6. The minimum Gasteiger partial charge on any atom is -0.494 e. The van der Waals surface area contributed by atoms with E-state index in [4.69, 9.17) is 4.74 Å². The first kappa shape index (κ1) is 17.8. The number of carbonyl (C=O) groups is 1. The van der Waals surface area contributed by atoms with E-state index in [-0.39, 0.29) is 18.3 Å². The lowest BCUT2D eigenvalue weighted by atomic mass is 10.1. The highest BCUT2D eigenvalue weighted by Gasteiger charge is 2.20. The number of rotatable bonds is 5. The Balaban J connectivity index is 0.00000220. The molecule has 21 heavy (non-hydrogen) atoms. The maximum Gasteiger partial charge on any atom is 0.227 e. The summed E-state index contributed by atoms with van der Waals surface area (Å²) in [4.78, 5) is 14.2. The Kier molecular flexibility index (Phi) is 7.54. The Morgan fingerprint density at radius 3 is 3.00 bits per heavy atom. The smallest absolute Gasteiger partial charge is 0.227 e. The van der Waals surface area contributed by atoms with Gasteiger partial charge in [-0.25, -0.2) is 0 Å². The Hall–Kier alpha value is -1.26. The van der Waals surface area contributed by atoms with Gasteiger partial charge in [0, 0.05) is 25.7 Å². The van der Waals surface area contributed by atoms with Gasteiger partial charge in [-0.2, -0.15) is 0 Å². The van der Waals surface area contributed by atoms with Crippen molar-refractivity contribution in [2.75, 3.05) is 26.2 Å². The number of nitrogens with one attached hydrogen (secondary N) is 1. The van der Waals surface area contributed by atoms with Crippen molar-refractivity contribution < 1.29 is 9.53 Å². The van der Waals surface area contributed by atoms with Crippen LogP contribution in [0.3, 0.4) is 0 Å². The second-order valence-corrected chi connectivity index (χ2v) is 5.37. The number of nitrogens with zero attached hydrogens (tertiary/aromatic N) is 1. The molecule has 1 aliphatic rings. The molecule has 118 valence electrons. The van der Waals surface area contributed by atoms with E-state index >= 15 is 0 Å². The van der Waals surface area contributed by atoms with E-state index in [0.717, 1.165) is 37.4 Å². The van der Waals surface area contributed by atoms with E-state index in [1.165, 1.54) is 0 Å². The maximum atomic E-state index is 12.3. The van der Waals surface area contributed by atoms with Gasteiger partial charge >= 0.3 is 0 Å². The van der Waals surface area contributed by atoms with Gasteiger partial charge in [0.15, 0.2) is 0 Å². The highest BCUT2D eigenvalue weighted by molar-refractivity contribution is 5.85. The van der Waals surface area contributed by atoms with Gasteiger partial charge in [0.05, 0.1) is 13.0 Å². The van der Waals surface area contributed by atoms with E-state index in [1.54, 1.807) is 0 Å². The Bertz CT molecular complexity index is 454. The molecule has 1 aliphatic heterocycles. The van der Waals surface area contributed by atoms with Crippen LogP contribution in [0, 0.1) is 0 Å². The molecule has 1 heterocycles. The highest BCUT2D eigenvalue weighted by Crippen LogP contribution is 2.15. The first-order chi connectivity index (χ1) is 9.69. The molecule has 0 spiro atoms. The van der Waals surface area contributed by atoms with Gasteiger partial charge in [-0.05, 0) is 31.0 Å². The molecule has 1 N–H and O–H groups in total. The second kappa shape index (κ2) is 8.90. The van der Waals surface area contributed by atoms with Crippen molar-refractivity contribution in [3.05, 3.63) is 29.8 Å². The van der Waals surface area contributed by atoms with Crippen molar-refractivity contribution in [1.82, 2.24) is 10.2 Å². The molecule has 0 aromatic heterocycles. The van der Waals surface area contributed by atoms with Crippen molar-refractivity contribution >= 4 is 18.3 Å². The lowest BCUT2D eigenvalue weighted by molar-refractivity contribution is -0.131. The third-order valence-electron chi connectivity index (χ3n) is 3.45. The van der Waals surface area contributed by atoms with Gasteiger partial charge in [-0.1, -0.05) is 19.1 Å². The van der Waals surface area contributed by atoms with Crippen LogP contribution in [0.5, 0.6) is 5.75 Å². The molecule has 0 radical (unpaired) electrons. The summed E-state index contributed by atoms with van der Waals surface area (Å²) in [6, 6.07) is 8.23. The van der Waals surface area contributed by atoms with Crippen LogP contribution in [0.15, 0.2) is 24.3 Å². The molecule has 2 rings (SSSR count). The summed E-state index contributed by atoms with van der Waals surface area (Å²) in [6.45, 7) is 7.39. The van der Waals surface area contributed by atoms with Gasteiger partial charge in [0.2, 0.25) is 5.91 Å². The van der Waals surface area contributed by atoms with Gasteiger partial charge in [-0.15, -0.1) is 12.4 Å². The molecule has 5 heteroatoms. The van der Waals surface area contributed by atoms with Crippen molar-refractivity contribution in [2.45, 2.75) is 32.7 Å². The van der Waals surface area contributed by atoms with E-state index in [0.29, 0.717) is 19.1 Å². The molecule has 0 bridgehead atoms. The third kappa shape index (κ3) is 5.56. The molecule has 1 aromatic carbocycles. The van der Waals surface area contributed by atoms with Crippen molar-refractivity contribution in [3.63, 3.8) is 0 Å². The summed E-state index contributed by atoms with van der Waals surface area (Å²) in [6.07, 6.45) is 1.44. The fourth-order valence-corrected chi connectivity index (χ4v) is 2.41. The first-order valence-corrected chi connectivity index (χ1v) is 7.42. The molecule has 0 aliphatic carbocycles. The molecule has 1 aromatic rings. The summed E-state index contributed by atoms with van der Waals surface area (Å²) in [5, 5.41) is 3.35. The molecular weight excluding hydrogens is 288 g/mol. The molecular formula is C16H25ClN2O2. The van der Waals surface area contributed by atoms with E-state index in [9.17, 15) is 4.79 Å². The van der Waals surface area contributed by atoms with Crippen molar-refractivity contribution in [2.24, 2.45) is 0 Å². The van der Waals surface area contributed by atoms with E-state index in [2.05, 4.69) is 19.2 Å². The number of halogens is 1. The van der Waals surface area contributed by atoms with Crippen LogP contribution in [0.4, 0.5) is 0 Å². The number of hydrogen-bond donors (Lipinski definition) is 1. The number of ether oxygens (including phenoxy) is 1. The minimum absolute atomic E-state index is 0. The summed E-state index contributed by atoms with van der Waals surface area (Å²) in [5.41, 5.74) is 1.02. The number of benzene rings is 1. The average molecular weight is 313 g/mol. The largest absolute Gasteiger partial charge is 0.494 e. The molecule has 1 saturated heterocycles. The number of amides is 1. The monoisotopic (exact) mass is 312 g/mol. The minimum atomic E-state index is 0. The molecule has 0 unspecified atom stereocenters. The lowest BCUT2D eigenvalue weighted by Crippen LogP contribution is -2.51. The van der Waals surface area contributed by atoms with E-state index < -0.39 is 0 Å². The zero-order valence-electron chi connectivity index (χ0n) is 12.8. The van der Waals surface area contributed by atoms with Gasteiger partial charge in [-0.3, -0.25) is 4.79 Å². The molecule has 1 atom stereocenters. The average Bonchev–Trinajstić information content (AvgIpc) is 2.45. The Morgan fingerprint density at radius 2 is 2.29 bits per heavy atom. The topological polar surface area (TPSA) is 41.6 Å². The summed E-state index contributed by atoms with van der Waals surface area (Å²) in [7, 11) is 0. The molecule has 4 nitrogen and oxygen atoms in total. The Morgan fingerprint density at radius 1 is 1.48 bits per heavy atom.